The summed E-state index contributed by atoms with van der Waals surface area (Å²) in [7, 11) is 0. The Hall–Kier alpha value is -1.29. The molecule has 4 nitrogen and oxygen atoms in total. The first-order valence-corrected chi connectivity index (χ1v) is 8.45. The molecule has 0 aliphatic carbocycles. The van der Waals surface area contributed by atoms with E-state index >= 15 is 0 Å². The van der Waals surface area contributed by atoms with Gasteiger partial charge in [-0.05, 0) is 50.9 Å². The summed E-state index contributed by atoms with van der Waals surface area (Å²) < 4.78 is 2.08. The van der Waals surface area contributed by atoms with Crippen molar-refractivity contribution in [2.45, 2.75) is 51.1 Å². The van der Waals surface area contributed by atoms with Gasteiger partial charge in [-0.2, -0.15) is 0 Å². The van der Waals surface area contributed by atoms with E-state index in [4.69, 9.17) is 0 Å². The maximum atomic E-state index is 12.3. The van der Waals surface area contributed by atoms with Crippen molar-refractivity contribution in [3.8, 4) is 0 Å². The van der Waals surface area contributed by atoms with Gasteiger partial charge in [0.05, 0.1) is 0 Å². The fourth-order valence-corrected chi connectivity index (χ4v) is 3.67. The molecule has 2 saturated heterocycles. The van der Waals surface area contributed by atoms with Crippen molar-refractivity contribution < 1.29 is 4.79 Å². The van der Waals surface area contributed by atoms with Gasteiger partial charge in [-0.15, -0.1) is 0 Å². The number of hydrogen-bond acceptors (Lipinski definition) is 2. The zero-order valence-corrected chi connectivity index (χ0v) is 12.9. The molecule has 4 heteroatoms. The summed E-state index contributed by atoms with van der Waals surface area (Å²) in [4.78, 5) is 17.0. The van der Waals surface area contributed by atoms with Crippen LogP contribution in [0.1, 0.15) is 38.5 Å². The van der Waals surface area contributed by atoms with Crippen LogP contribution in [-0.2, 0) is 11.3 Å². The van der Waals surface area contributed by atoms with E-state index in [1.54, 1.807) is 0 Å². The Balaban J connectivity index is 1.41. The highest BCUT2D eigenvalue weighted by Gasteiger charge is 2.27. The van der Waals surface area contributed by atoms with E-state index in [1.807, 2.05) is 24.5 Å². The minimum absolute atomic E-state index is 0.320. The molecule has 1 amide bonds. The molecule has 0 spiro atoms. The van der Waals surface area contributed by atoms with E-state index in [0.717, 1.165) is 38.5 Å². The summed E-state index contributed by atoms with van der Waals surface area (Å²) in [6.45, 7) is 5.24. The van der Waals surface area contributed by atoms with Gasteiger partial charge < -0.3 is 14.4 Å². The van der Waals surface area contributed by atoms with Gasteiger partial charge in [0, 0.05) is 44.5 Å². The minimum Gasteiger partial charge on any atom is -0.354 e. The normalized spacial score (nSPS) is 21.6. The summed E-state index contributed by atoms with van der Waals surface area (Å²) in [6.07, 6.45) is 11.1. The lowest BCUT2D eigenvalue weighted by Crippen LogP contribution is -2.48. The van der Waals surface area contributed by atoms with Gasteiger partial charge in [0.15, 0.2) is 0 Å². The standard InChI is InChI=1S/C17H27N3O/c21-17(8-13-18-9-4-5-10-18)20-14-6-16(7-15-20)19-11-2-1-3-12-19/h4-5,9-10,16H,1-3,6-8,11-15H2. The minimum atomic E-state index is 0.320. The number of hydrogen-bond donors (Lipinski definition) is 0. The molecule has 0 N–H and O–H groups in total. The van der Waals surface area contributed by atoms with Gasteiger partial charge in [-0.3, -0.25) is 4.79 Å². The summed E-state index contributed by atoms with van der Waals surface area (Å²) in [6, 6.07) is 4.74. The highest BCUT2D eigenvalue weighted by Crippen LogP contribution is 2.21. The Labute approximate surface area is 127 Å². The monoisotopic (exact) mass is 289 g/mol. The predicted octanol–water partition coefficient (Wildman–Crippen LogP) is 2.36. The number of carbonyl (C=O) groups is 1. The molecule has 3 heterocycles. The second kappa shape index (κ2) is 7.12. The number of amides is 1. The molecule has 0 bridgehead atoms. The quantitative estimate of drug-likeness (QED) is 0.851. The van der Waals surface area contributed by atoms with Crippen LogP contribution in [-0.4, -0.2) is 52.5 Å². The van der Waals surface area contributed by atoms with E-state index in [2.05, 4.69) is 14.4 Å². The molecule has 3 rings (SSSR count). The molecule has 0 saturated carbocycles. The fourth-order valence-electron chi connectivity index (χ4n) is 3.67. The molecule has 1 aromatic heterocycles. The lowest BCUT2D eigenvalue weighted by molar-refractivity contribution is -0.133. The van der Waals surface area contributed by atoms with Crippen molar-refractivity contribution >= 4 is 5.91 Å². The molecule has 0 radical (unpaired) electrons. The third-order valence-electron chi connectivity index (χ3n) is 4.97. The predicted molar refractivity (Wildman–Crippen MR) is 84.1 cm³/mol. The summed E-state index contributed by atoms with van der Waals surface area (Å²) >= 11 is 0. The molecule has 2 aliphatic heterocycles. The zero-order chi connectivity index (χ0) is 14.5. The molecule has 116 valence electrons. The van der Waals surface area contributed by atoms with Crippen molar-refractivity contribution in [3.05, 3.63) is 24.5 Å². The SMILES string of the molecule is O=C(CCn1cccc1)N1CCC(N2CCCCC2)CC1. The summed E-state index contributed by atoms with van der Waals surface area (Å²) in [5.74, 6) is 0.320. The van der Waals surface area contributed by atoms with E-state index in [0.29, 0.717) is 12.3 Å². The highest BCUT2D eigenvalue weighted by atomic mass is 16.2. The van der Waals surface area contributed by atoms with Gasteiger partial charge in [0.2, 0.25) is 5.91 Å². The van der Waals surface area contributed by atoms with Crippen LogP contribution in [0, 0.1) is 0 Å². The first kappa shape index (κ1) is 14.6. The van der Waals surface area contributed by atoms with Gasteiger partial charge in [-0.1, -0.05) is 6.42 Å². The largest absolute Gasteiger partial charge is 0.354 e. The lowest BCUT2D eigenvalue weighted by atomic mass is 10.00. The molecule has 0 atom stereocenters. The second-order valence-electron chi connectivity index (χ2n) is 6.38. The number of piperidine rings is 2. The van der Waals surface area contributed by atoms with E-state index < -0.39 is 0 Å². The number of carbonyl (C=O) groups excluding carboxylic acids is 1. The van der Waals surface area contributed by atoms with Crippen LogP contribution in [0.5, 0.6) is 0 Å². The second-order valence-corrected chi connectivity index (χ2v) is 6.38. The Morgan fingerprint density at radius 3 is 2.29 bits per heavy atom. The highest BCUT2D eigenvalue weighted by molar-refractivity contribution is 5.76. The molecule has 1 aromatic rings. The maximum absolute atomic E-state index is 12.3. The molecular formula is C17H27N3O. The van der Waals surface area contributed by atoms with Crippen LogP contribution in [0.3, 0.4) is 0 Å². The van der Waals surface area contributed by atoms with Crippen LogP contribution in [0.15, 0.2) is 24.5 Å². The van der Waals surface area contributed by atoms with Crippen molar-refractivity contribution in [3.63, 3.8) is 0 Å². The smallest absolute Gasteiger partial charge is 0.224 e. The van der Waals surface area contributed by atoms with E-state index in [1.165, 1.54) is 32.4 Å². The summed E-state index contributed by atoms with van der Waals surface area (Å²) in [5, 5.41) is 0. The molecule has 0 unspecified atom stereocenters. The van der Waals surface area contributed by atoms with Crippen LogP contribution in [0.4, 0.5) is 0 Å². The number of aryl methyl sites for hydroxylation is 1. The first-order chi connectivity index (χ1) is 10.3. The van der Waals surface area contributed by atoms with Gasteiger partial charge in [-0.25, -0.2) is 0 Å². The number of likely N-dealkylation sites (tertiary alicyclic amines) is 2. The fraction of sp³-hybridized carbons (Fsp3) is 0.706. The number of rotatable bonds is 4. The van der Waals surface area contributed by atoms with Crippen molar-refractivity contribution in [2.75, 3.05) is 26.2 Å². The van der Waals surface area contributed by atoms with Crippen molar-refractivity contribution in [2.24, 2.45) is 0 Å². The third kappa shape index (κ3) is 3.88. The third-order valence-corrected chi connectivity index (χ3v) is 4.97. The molecule has 2 aliphatic rings. The van der Waals surface area contributed by atoms with Crippen LogP contribution in [0.2, 0.25) is 0 Å². The Morgan fingerprint density at radius 2 is 1.62 bits per heavy atom. The van der Waals surface area contributed by atoms with E-state index in [-0.39, 0.29) is 0 Å². The van der Waals surface area contributed by atoms with Gasteiger partial charge >= 0.3 is 0 Å². The van der Waals surface area contributed by atoms with Gasteiger partial charge in [0.25, 0.3) is 0 Å². The van der Waals surface area contributed by atoms with Crippen LogP contribution < -0.4 is 0 Å². The maximum Gasteiger partial charge on any atom is 0.224 e. The Kier molecular flexibility index (Phi) is 4.96. The Morgan fingerprint density at radius 1 is 0.952 bits per heavy atom. The van der Waals surface area contributed by atoms with E-state index in [9.17, 15) is 4.79 Å². The zero-order valence-electron chi connectivity index (χ0n) is 12.9. The number of aromatic nitrogens is 1. The molecular weight excluding hydrogens is 262 g/mol. The van der Waals surface area contributed by atoms with Gasteiger partial charge in [0.1, 0.15) is 0 Å². The van der Waals surface area contributed by atoms with Crippen LogP contribution in [0.25, 0.3) is 0 Å². The summed E-state index contributed by atoms with van der Waals surface area (Å²) in [5.41, 5.74) is 0. The average molecular weight is 289 g/mol. The average Bonchev–Trinajstić information content (AvgIpc) is 3.07. The topological polar surface area (TPSA) is 28.5 Å². The number of nitrogens with zero attached hydrogens (tertiary/aromatic N) is 3. The van der Waals surface area contributed by atoms with Crippen molar-refractivity contribution in [1.29, 1.82) is 0 Å². The molecule has 21 heavy (non-hydrogen) atoms. The van der Waals surface area contributed by atoms with Crippen molar-refractivity contribution in [1.82, 2.24) is 14.4 Å². The molecule has 0 aromatic carbocycles. The lowest BCUT2D eigenvalue weighted by Gasteiger charge is -2.40. The molecule has 2 fully saturated rings. The van der Waals surface area contributed by atoms with Crippen LogP contribution >= 0.6 is 0 Å². The first-order valence-electron chi connectivity index (χ1n) is 8.45. The Bertz CT molecular complexity index is 429.